The monoisotopic (exact) mass is 156 g/mol. The van der Waals surface area contributed by atoms with Crippen LogP contribution in [0.1, 0.15) is 40.0 Å². The zero-order valence-electron chi connectivity index (χ0n) is 7.88. The Morgan fingerprint density at radius 3 is 2.36 bits per heavy atom. The minimum atomic E-state index is -0.0289. The van der Waals surface area contributed by atoms with Crippen molar-refractivity contribution in [2.45, 2.75) is 46.1 Å². The summed E-state index contributed by atoms with van der Waals surface area (Å²) in [4.78, 5) is 0. The fourth-order valence-electron chi connectivity index (χ4n) is 2.15. The molecule has 1 aliphatic rings. The molecule has 0 saturated heterocycles. The lowest BCUT2D eigenvalue weighted by Crippen LogP contribution is -2.31. The van der Waals surface area contributed by atoms with Crippen LogP contribution < -0.4 is 0 Å². The Balaban J connectivity index is 2.44. The van der Waals surface area contributed by atoms with E-state index in [-0.39, 0.29) is 6.10 Å². The SMILES string of the molecule is CC1CCC(C(C)C)[C@H](O)C1. The van der Waals surface area contributed by atoms with E-state index in [1.165, 1.54) is 12.8 Å². The second-order valence-electron chi connectivity index (χ2n) is 4.39. The molecular weight excluding hydrogens is 136 g/mol. The molecule has 1 nitrogen and oxygen atoms in total. The highest BCUT2D eigenvalue weighted by Crippen LogP contribution is 2.33. The average molecular weight is 156 g/mol. The topological polar surface area (TPSA) is 20.2 Å². The van der Waals surface area contributed by atoms with Crippen LogP contribution in [0.3, 0.4) is 0 Å². The van der Waals surface area contributed by atoms with Crippen LogP contribution in [0.4, 0.5) is 0 Å². The first-order valence-corrected chi connectivity index (χ1v) is 4.79. The van der Waals surface area contributed by atoms with Gasteiger partial charge >= 0.3 is 0 Å². The van der Waals surface area contributed by atoms with Crippen molar-refractivity contribution < 1.29 is 5.11 Å². The Kier molecular flexibility index (Phi) is 2.94. The summed E-state index contributed by atoms with van der Waals surface area (Å²) in [5, 5.41) is 9.71. The van der Waals surface area contributed by atoms with E-state index in [1.54, 1.807) is 0 Å². The molecule has 1 heteroatoms. The molecule has 0 aliphatic heterocycles. The van der Waals surface area contributed by atoms with Crippen molar-refractivity contribution in [2.75, 3.05) is 0 Å². The molecule has 2 unspecified atom stereocenters. The van der Waals surface area contributed by atoms with Gasteiger partial charge in [0.2, 0.25) is 0 Å². The minimum absolute atomic E-state index is 0.0289. The molecule has 0 bridgehead atoms. The Morgan fingerprint density at radius 1 is 1.27 bits per heavy atom. The van der Waals surface area contributed by atoms with Crippen LogP contribution in [-0.4, -0.2) is 11.2 Å². The van der Waals surface area contributed by atoms with Crippen molar-refractivity contribution in [1.29, 1.82) is 0 Å². The Hall–Kier alpha value is -0.0400. The van der Waals surface area contributed by atoms with E-state index in [4.69, 9.17) is 0 Å². The van der Waals surface area contributed by atoms with E-state index < -0.39 is 0 Å². The summed E-state index contributed by atoms with van der Waals surface area (Å²) in [7, 11) is 0. The first-order chi connectivity index (χ1) is 5.11. The average Bonchev–Trinajstić information content (AvgIpc) is 1.85. The molecule has 1 aliphatic carbocycles. The summed E-state index contributed by atoms with van der Waals surface area (Å²) in [6.45, 7) is 6.66. The van der Waals surface area contributed by atoms with E-state index in [2.05, 4.69) is 20.8 Å². The molecule has 1 N–H and O–H groups in total. The van der Waals surface area contributed by atoms with Crippen LogP contribution in [-0.2, 0) is 0 Å². The third-order valence-corrected chi connectivity index (χ3v) is 2.99. The van der Waals surface area contributed by atoms with Gasteiger partial charge < -0.3 is 5.11 Å². The van der Waals surface area contributed by atoms with Crippen molar-refractivity contribution in [3.8, 4) is 0 Å². The van der Waals surface area contributed by atoms with Gasteiger partial charge in [-0.05, 0) is 30.6 Å². The van der Waals surface area contributed by atoms with Crippen LogP contribution in [0.25, 0.3) is 0 Å². The predicted molar refractivity (Wildman–Crippen MR) is 47.3 cm³/mol. The van der Waals surface area contributed by atoms with Gasteiger partial charge in [0.1, 0.15) is 0 Å². The third kappa shape index (κ3) is 2.19. The van der Waals surface area contributed by atoms with Gasteiger partial charge in [0.15, 0.2) is 0 Å². The van der Waals surface area contributed by atoms with Gasteiger partial charge in [-0.15, -0.1) is 0 Å². The standard InChI is InChI=1S/C10H20O/c1-7(2)9-5-4-8(3)6-10(9)11/h7-11H,4-6H2,1-3H3/t8?,9?,10-/m1/s1. The molecule has 3 atom stereocenters. The van der Waals surface area contributed by atoms with Crippen LogP contribution >= 0.6 is 0 Å². The fourth-order valence-corrected chi connectivity index (χ4v) is 2.15. The predicted octanol–water partition coefficient (Wildman–Crippen LogP) is 2.44. The molecule has 0 radical (unpaired) electrons. The summed E-state index contributed by atoms with van der Waals surface area (Å²) in [5.41, 5.74) is 0. The molecule has 0 aromatic rings. The molecule has 0 spiro atoms. The molecule has 66 valence electrons. The van der Waals surface area contributed by atoms with Gasteiger partial charge in [0.05, 0.1) is 6.10 Å². The fraction of sp³-hybridized carbons (Fsp3) is 1.00. The number of hydrogen-bond donors (Lipinski definition) is 1. The van der Waals surface area contributed by atoms with Gasteiger partial charge in [-0.2, -0.15) is 0 Å². The second kappa shape index (κ2) is 3.57. The van der Waals surface area contributed by atoms with Crippen LogP contribution in [0.15, 0.2) is 0 Å². The van der Waals surface area contributed by atoms with Crippen molar-refractivity contribution in [2.24, 2.45) is 17.8 Å². The first kappa shape index (κ1) is 9.05. The zero-order chi connectivity index (χ0) is 8.43. The number of aliphatic hydroxyl groups is 1. The van der Waals surface area contributed by atoms with E-state index >= 15 is 0 Å². The Morgan fingerprint density at radius 2 is 1.91 bits per heavy atom. The lowest BCUT2D eigenvalue weighted by atomic mass is 9.75. The van der Waals surface area contributed by atoms with Crippen molar-refractivity contribution in [1.82, 2.24) is 0 Å². The summed E-state index contributed by atoms with van der Waals surface area (Å²) in [6, 6.07) is 0. The summed E-state index contributed by atoms with van der Waals surface area (Å²) in [6.07, 6.45) is 3.52. The van der Waals surface area contributed by atoms with Gasteiger partial charge in [0.25, 0.3) is 0 Å². The molecule has 0 amide bonds. The van der Waals surface area contributed by atoms with Crippen LogP contribution in [0.2, 0.25) is 0 Å². The highest BCUT2D eigenvalue weighted by Gasteiger charge is 2.28. The number of aliphatic hydroxyl groups excluding tert-OH is 1. The molecule has 0 aromatic carbocycles. The van der Waals surface area contributed by atoms with Crippen molar-refractivity contribution in [3.63, 3.8) is 0 Å². The van der Waals surface area contributed by atoms with Gasteiger partial charge in [-0.3, -0.25) is 0 Å². The quantitative estimate of drug-likeness (QED) is 0.618. The molecule has 1 rings (SSSR count). The molecule has 1 fully saturated rings. The number of hydrogen-bond acceptors (Lipinski definition) is 1. The number of rotatable bonds is 1. The normalized spacial score (nSPS) is 39.5. The van der Waals surface area contributed by atoms with Crippen molar-refractivity contribution in [3.05, 3.63) is 0 Å². The summed E-state index contributed by atoms with van der Waals surface area (Å²) < 4.78 is 0. The second-order valence-corrected chi connectivity index (χ2v) is 4.39. The maximum Gasteiger partial charge on any atom is 0.0573 e. The minimum Gasteiger partial charge on any atom is -0.393 e. The van der Waals surface area contributed by atoms with E-state index in [1.807, 2.05) is 0 Å². The largest absolute Gasteiger partial charge is 0.393 e. The smallest absolute Gasteiger partial charge is 0.0573 e. The van der Waals surface area contributed by atoms with Crippen molar-refractivity contribution >= 4 is 0 Å². The third-order valence-electron chi connectivity index (χ3n) is 2.99. The maximum atomic E-state index is 9.71. The first-order valence-electron chi connectivity index (χ1n) is 4.79. The van der Waals surface area contributed by atoms with Crippen LogP contribution in [0.5, 0.6) is 0 Å². The molecule has 0 heterocycles. The lowest BCUT2D eigenvalue weighted by Gasteiger charge is -2.33. The van der Waals surface area contributed by atoms with Gasteiger partial charge in [-0.1, -0.05) is 27.2 Å². The van der Waals surface area contributed by atoms with E-state index in [9.17, 15) is 5.11 Å². The van der Waals surface area contributed by atoms with Gasteiger partial charge in [0, 0.05) is 0 Å². The summed E-state index contributed by atoms with van der Waals surface area (Å²) >= 11 is 0. The maximum absolute atomic E-state index is 9.71. The van der Waals surface area contributed by atoms with Crippen LogP contribution in [0, 0.1) is 17.8 Å². The molecule has 0 aromatic heterocycles. The molecule has 11 heavy (non-hydrogen) atoms. The van der Waals surface area contributed by atoms with E-state index in [0.29, 0.717) is 11.8 Å². The molecular formula is C10H20O. The lowest BCUT2D eigenvalue weighted by molar-refractivity contribution is 0.0266. The van der Waals surface area contributed by atoms with E-state index in [0.717, 1.165) is 12.3 Å². The highest BCUT2D eigenvalue weighted by molar-refractivity contribution is 4.79. The zero-order valence-corrected chi connectivity index (χ0v) is 7.88. The van der Waals surface area contributed by atoms with Gasteiger partial charge in [-0.25, -0.2) is 0 Å². The molecule has 1 saturated carbocycles. The summed E-state index contributed by atoms with van der Waals surface area (Å²) in [5.74, 6) is 1.95. The Bertz CT molecular complexity index is 120. The Labute approximate surface area is 69.8 Å². The highest BCUT2D eigenvalue weighted by atomic mass is 16.3.